The van der Waals surface area contributed by atoms with Crippen LogP contribution >= 0.6 is 0 Å². The van der Waals surface area contributed by atoms with Gasteiger partial charge in [0.2, 0.25) is 5.76 Å². The van der Waals surface area contributed by atoms with E-state index in [1.807, 2.05) is 0 Å². The van der Waals surface area contributed by atoms with Gasteiger partial charge in [0.15, 0.2) is 5.76 Å². The summed E-state index contributed by atoms with van der Waals surface area (Å²) in [4.78, 5) is 22.5. The van der Waals surface area contributed by atoms with E-state index < -0.39 is 29.6 Å². The van der Waals surface area contributed by atoms with E-state index in [1.54, 1.807) is 6.92 Å². The van der Waals surface area contributed by atoms with Crippen molar-refractivity contribution in [3.63, 3.8) is 0 Å². The van der Waals surface area contributed by atoms with Crippen LogP contribution in [0.2, 0.25) is 0 Å². The lowest BCUT2D eigenvalue weighted by Crippen LogP contribution is -2.34. The number of amides is 1. The van der Waals surface area contributed by atoms with Gasteiger partial charge in [-0.3, -0.25) is 4.79 Å². The molecule has 1 amide bonds. The van der Waals surface area contributed by atoms with E-state index >= 15 is 0 Å². The van der Waals surface area contributed by atoms with Crippen LogP contribution in [0.5, 0.6) is 0 Å². The van der Waals surface area contributed by atoms with Crippen LogP contribution < -0.4 is 5.32 Å². The molecular weight excluding hydrogens is 296 g/mol. The molecule has 7 heteroatoms. The van der Waals surface area contributed by atoms with Crippen molar-refractivity contribution in [1.29, 1.82) is 0 Å². The number of carboxylic acids is 1. The summed E-state index contributed by atoms with van der Waals surface area (Å²) in [6, 6.07) is 5.33. The number of hydrogen-bond acceptors (Lipinski definition) is 3. The van der Waals surface area contributed by atoms with E-state index in [0.717, 1.165) is 18.2 Å². The lowest BCUT2D eigenvalue weighted by Gasteiger charge is -2.14. The van der Waals surface area contributed by atoms with Crippen molar-refractivity contribution in [2.75, 3.05) is 0 Å². The van der Waals surface area contributed by atoms with E-state index in [-0.39, 0.29) is 23.5 Å². The van der Waals surface area contributed by atoms with Gasteiger partial charge in [0.25, 0.3) is 5.91 Å². The molecule has 0 aliphatic carbocycles. The molecule has 2 rings (SSSR count). The maximum absolute atomic E-state index is 13.5. The Morgan fingerprint density at radius 1 is 1.18 bits per heavy atom. The molecule has 1 aromatic carbocycles. The highest BCUT2D eigenvalue weighted by atomic mass is 19.1. The number of furan rings is 1. The zero-order valence-electron chi connectivity index (χ0n) is 11.6. The second kappa shape index (κ2) is 6.38. The highest BCUT2D eigenvalue weighted by Crippen LogP contribution is 2.15. The number of carboxylic acid groups (broad SMARTS) is 1. The molecule has 0 radical (unpaired) electrons. The van der Waals surface area contributed by atoms with Crippen LogP contribution in [0.3, 0.4) is 0 Å². The number of rotatable bonds is 5. The minimum Gasteiger partial charge on any atom is -0.475 e. The summed E-state index contributed by atoms with van der Waals surface area (Å²) >= 11 is 0. The van der Waals surface area contributed by atoms with Gasteiger partial charge in [0.05, 0.1) is 0 Å². The molecule has 0 bridgehead atoms. The van der Waals surface area contributed by atoms with Crippen molar-refractivity contribution in [2.24, 2.45) is 0 Å². The average molecular weight is 309 g/mol. The van der Waals surface area contributed by atoms with Crippen LogP contribution in [-0.4, -0.2) is 23.0 Å². The summed E-state index contributed by atoms with van der Waals surface area (Å²) in [5.74, 6) is -3.87. The van der Waals surface area contributed by atoms with Crippen molar-refractivity contribution in [1.82, 2.24) is 5.32 Å². The van der Waals surface area contributed by atoms with Gasteiger partial charge >= 0.3 is 5.97 Å². The molecule has 0 aliphatic rings. The van der Waals surface area contributed by atoms with Gasteiger partial charge in [0, 0.05) is 11.6 Å². The third-order valence-corrected chi connectivity index (χ3v) is 2.99. The fourth-order valence-electron chi connectivity index (χ4n) is 1.95. The van der Waals surface area contributed by atoms with Crippen molar-refractivity contribution in [2.45, 2.75) is 19.4 Å². The van der Waals surface area contributed by atoms with Crippen molar-refractivity contribution in [3.8, 4) is 0 Å². The molecule has 0 fully saturated rings. The Balaban J connectivity index is 2.03. The first-order chi connectivity index (χ1) is 10.4. The summed E-state index contributed by atoms with van der Waals surface area (Å²) in [7, 11) is 0. The van der Waals surface area contributed by atoms with Gasteiger partial charge in [-0.25, -0.2) is 13.6 Å². The quantitative estimate of drug-likeness (QED) is 0.890. The third-order valence-electron chi connectivity index (χ3n) is 2.99. The predicted molar refractivity (Wildman–Crippen MR) is 72.7 cm³/mol. The van der Waals surface area contributed by atoms with E-state index in [2.05, 4.69) is 5.32 Å². The number of nitrogens with one attached hydrogen (secondary N) is 1. The van der Waals surface area contributed by atoms with Crippen molar-refractivity contribution < 1.29 is 27.9 Å². The molecule has 22 heavy (non-hydrogen) atoms. The number of carbonyl (C=O) groups is 2. The monoisotopic (exact) mass is 309 g/mol. The molecule has 1 atom stereocenters. The predicted octanol–water partition coefficient (Wildman–Crippen LogP) is 2.62. The molecule has 1 aromatic heterocycles. The second-order valence-electron chi connectivity index (χ2n) is 4.75. The average Bonchev–Trinajstić information content (AvgIpc) is 2.93. The Bertz CT molecular complexity index is 691. The van der Waals surface area contributed by atoms with E-state index in [1.165, 1.54) is 12.1 Å². The molecule has 0 unspecified atom stereocenters. The molecule has 2 aromatic rings. The normalized spacial score (nSPS) is 12.0. The number of carbonyl (C=O) groups excluding carboxylic acids is 1. The van der Waals surface area contributed by atoms with Gasteiger partial charge < -0.3 is 14.8 Å². The fraction of sp³-hybridized carbons (Fsp3) is 0.200. The number of benzene rings is 1. The topological polar surface area (TPSA) is 79.5 Å². The first-order valence-corrected chi connectivity index (χ1v) is 6.45. The van der Waals surface area contributed by atoms with Gasteiger partial charge in [-0.2, -0.15) is 0 Å². The van der Waals surface area contributed by atoms with Crippen LogP contribution in [-0.2, 0) is 6.42 Å². The largest absolute Gasteiger partial charge is 0.475 e. The Labute approximate surface area is 124 Å². The van der Waals surface area contributed by atoms with Crippen molar-refractivity contribution in [3.05, 3.63) is 59.1 Å². The lowest BCUT2D eigenvalue weighted by atomic mass is 10.1. The van der Waals surface area contributed by atoms with Crippen LogP contribution in [0.4, 0.5) is 8.78 Å². The summed E-state index contributed by atoms with van der Waals surface area (Å²) in [5, 5.41) is 11.2. The van der Waals surface area contributed by atoms with E-state index in [0.29, 0.717) is 0 Å². The molecule has 0 aliphatic heterocycles. The SMILES string of the molecule is C[C@H](Cc1c(F)cccc1F)NC(=O)c1ccc(C(=O)O)o1. The molecule has 2 N–H and O–H groups in total. The molecule has 1 heterocycles. The first-order valence-electron chi connectivity index (χ1n) is 6.45. The Hall–Kier alpha value is -2.70. The van der Waals surface area contributed by atoms with Gasteiger partial charge in [-0.05, 0) is 37.6 Å². The number of hydrogen-bond donors (Lipinski definition) is 2. The van der Waals surface area contributed by atoms with Gasteiger partial charge in [-0.1, -0.05) is 6.07 Å². The van der Waals surface area contributed by atoms with E-state index in [4.69, 9.17) is 9.52 Å². The molecule has 0 spiro atoms. The van der Waals surface area contributed by atoms with Crippen LogP contribution in [0.15, 0.2) is 34.7 Å². The van der Waals surface area contributed by atoms with Crippen LogP contribution in [0.25, 0.3) is 0 Å². The zero-order chi connectivity index (χ0) is 16.3. The summed E-state index contributed by atoms with van der Waals surface area (Å²) in [5.41, 5.74) is -0.124. The number of halogens is 2. The molecule has 5 nitrogen and oxygen atoms in total. The summed E-state index contributed by atoms with van der Waals surface area (Å²) in [6.07, 6.45) is -0.0449. The summed E-state index contributed by atoms with van der Waals surface area (Å²) in [6.45, 7) is 1.57. The Kier molecular flexibility index (Phi) is 4.55. The van der Waals surface area contributed by atoms with Crippen LogP contribution in [0.1, 0.15) is 33.6 Å². The minimum atomic E-state index is -1.29. The number of aromatic carboxylic acids is 1. The third kappa shape index (κ3) is 3.49. The fourth-order valence-corrected chi connectivity index (χ4v) is 1.95. The first kappa shape index (κ1) is 15.7. The molecule has 116 valence electrons. The zero-order valence-corrected chi connectivity index (χ0v) is 11.6. The van der Waals surface area contributed by atoms with E-state index in [9.17, 15) is 18.4 Å². The maximum atomic E-state index is 13.5. The van der Waals surface area contributed by atoms with Crippen LogP contribution in [0, 0.1) is 11.6 Å². The van der Waals surface area contributed by atoms with Gasteiger partial charge in [-0.15, -0.1) is 0 Å². The Morgan fingerprint density at radius 3 is 2.32 bits per heavy atom. The van der Waals surface area contributed by atoms with Crippen molar-refractivity contribution >= 4 is 11.9 Å². The second-order valence-corrected chi connectivity index (χ2v) is 4.75. The molecular formula is C15H13F2NO4. The molecule has 0 saturated carbocycles. The maximum Gasteiger partial charge on any atom is 0.371 e. The lowest BCUT2D eigenvalue weighted by molar-refractivity contribution is 0.0659. The molecule has 0 saturated heterocycles. The standard InChI is InChI=1S/C15H13F2NO4/c1-8(7-9-10(16)3-2-4-11(9)17)18-14(19)12-5-6-13(22-12)15(20)21/h2-6,8H,7H2,1H3,(H,18,19)(H,20,21)/t8-/m1/s1. The summed E-state index contributed by atoms with van der Waals surface area (Å²) < 4.78 is 31.9. The minimum absolute atomic E-state index is 0.0449. The highest BCUT2D eigenvalue weighted by molar-refractivity contribution is 5.93. The Morgan fingerprint density at radius 2 is 1.77 bits per heavy atom. The highest BCUT2D eigenvalue weighted by Gasteiger charge is 2.18. The van der Waals surface area contributed by atoms with Gasteiger partial charge in [0.1, 0.15) is 11.6 Å². The smallest absolute Gasteiger partial charge is 0.371 e.